The fraction of sp³-hybridized carbons (Fsp3) is 0.806. The van der Waals surface area contributed by atoms with E-state index in [2.05, 4.69) is 46.9 Å². The molecule has 1 atom stereocenters. The Hall–Kier alpha value is -1.18. The highest BCUT2D eigenvalue weighted by Gasteiger charge is 2.32. The molecule has 0 saturated heterocycles. The topological polar surface area (TPSA) is 21.3 Å². The lowest BCUT2D eigenvalue weighted by molar-refractivity contribution is 0.333. The van der Waals surface area contributed by atoms with Crippen LogP contribution in [0.25, 0.3) is 0 Å². The van der Waals surface area contributed by atoms with Gasteiger partial charge in [0.1, 0.15) is 5.75 Å². The Bertz CT molecular complexity index is 695. The van der Waals surface area contributed by atoms with Gasteiger partial charge in [-0.25, -0.2) is 0 Å². The quantitative estimate of drug-likeness (QED) is 0.235. The first-order chi connectivity index (χ1) is 15.9. The molecule has 1 heterocycles. The summed E-state index contributed by atoms with van der Waals surface area (Å²) in [4.78, 5) is 0. The zero-order valence-corrected chi connectivity index (χ0v) is 23.1. The van der Waals surface area contributed by atoms with Crippen molar-refractivity contribution in [2.24, 2.45) is 0 Å². The molecule has 33 heavy (non-hydrogen) atoms. The fourth-order valence-electron chi connectivity index (χ4n) is 5.69. The van der Waals surface area contributed by atoms with Crippen molar-refractivity contribution >= 4 is 5.69 Å². The Morgan fingerprint density at radius 3 is 1.73 bits per heavy atom. The van der Waals surface area contributed by atoms with Crippen LogP contribution >= 0.6 is 0 Å². The zero-order chi connectivity index (χ0) is 24.1. The average Bonchev–Trinajstić information content (AvgIpc) is 2.80. The van der Waals surface area contributed by atoms with Crippen LogP contribution in [0.1, 0.15) is 146 Å². The van der Waals surface area contributed by atoms with Gasteiger partial charge in [0.15, 0.2) is 0 Å². The molecule has 0 radical (unpaired) electrons. The molecule has 1 N–H and O–H groups in total. The van der Waals surface area contributed by atoms with Crippen LogP contribution in [0.5, 0.6) is 5.75 Å². The predicted octanol–water partition coefficient (Wildman–Crippen LogP) is 10.00. The second kappa shape index (κ2) is 14.9. The normalized spacial score (nSPS) is 17.6. The van der Waals surface area contributed by atoms with Gasteiger partial charge in [-0.05, 0) is 76.1 Å². The Morgan fingerprint density at radius 2 is 1.21 bits per heavy atom. The van der Waals surface area contributed by atoms with Crippen molar-refractivity contribution in [3.8, 4) is 5.75 Å². The van der Waals surface area contributed by atoms with Crippen LogP contribution in [-0.2, 0) is 6.42 Å². The highest BCUT2D eigenvalue weighted by atomic mass is 16.5. The van der Waals surface area contributed by atoms with Gasteiger partial charge in [0.05, 0.1) is 6.61 Å². The minimum absolute atomic E-state index is 0.237. The Kier molecular flexibility index (Phi) is 12.7. The van der Waals surface area contributed by atoms with Gasteiger partial charge in [0.25, 0.3) is 0 Å². The lowest BCUT2D eigenvalue weighted by Gasteiger charge is -2.39. The first-order valence-corrected chi connectivity index (χ1v) is 14.5. The molecule has 1 unspecified atom stereocenters. The van der Waals surface area contributed by atoms with E-state index in [9.17, 15) is 0 Å². The molecule has 0 bridgehead atoms. The van der Waals surface area contributed by atoms with E-state index >= 15 is 0 Å². The predicted molar refractivity (Wildman–Crippen MR) is 147 cm³/mol. The number of hydrogen-bond acceptors (Lipinski definition) is 2. The van der Waals surface area contributed by atoms with Gasteiger partial charge in [-0.1, -0.05) is 96.8 Å². The molecule has 2 rings (SSSR count). The van der Waals surface area contributed by atoms with Gasteiger partial charge in [-0.15, -0.1) is 0 Å². The van der Waals surface area contributed by atoms with E-state index in [1.54, 1.807) is 0 Å². The van der Waals surface area contributed by atoms with Crippen molar-refractivity contribution in [3.05, 3.63) is 22.3 Å². The molecule has 0 saturated carbocycles. The lowest BCUT2D eigenvalue weighted by Crippen LogP contribution is -2.39. The molecule has 1 aromatic rings. The van der Waals surface area contributed by atoms with Crippen LogP contribution in [0.15, 0.2) is 0 Å². The Balaban J connectivity index is 1.62. The SMILES string of the molecule is CCCCCCCCCCCCCCCCC1(C)CCc2c(C)c(OCC)c(C)c(C)c2N1. The molecule has 0 fully saturated rings. The molecule has 1 aromatic carbocycles. The molecular weight excluding hydrogens is 402 g/mol. The van der Waals surface area contributed by atoms with E-state index in [0.29, 0.717) is 0 Å². The number of rotatable bonds is 17. The maximum atomic E-state index is 6.00. The summed E-state index contributed by atoms with van der Waals surface area (Å²) in [6, 6.07) is 0. The van der Waals surface area contributed by atoms with Crippen LogP contribution in [0.4, 0.5) is 5.69 Å². The molecule has 1 aliphatic rings. The highest BCUT2D eigenvalue weighted by molar-refractivity contribution is 5.69. The fourth-order valence-corrected chi connectivity index (χ4v) is 5.69. The van der Waals surface area contributed by atoms with Crippen molar-refractivity contribution in [3.63, 3.8) is 0 Å². The molecule has 0 spiro atoms. The molecule has 2 heteroatoms. The van der Waals surface area contributed by atoms with Gasteiger partial charge < -0.3 is 10.1 Å². The van der Waals surface area contributed by atoms with Gasteiger partial charge >= 0.3 is 0 Å². The van der Waals surface area contributed by atoms with E-state index < -0.39 is 0 Å². The largest absolute Gasteiger partial charge is 0.493 e. The summed E-state index contributed by atoms with van der Waals surface area (Å²) in [5.41, 5.74) is 7.15. The van der Waals surface area contributed by atoms with Crippen molar-refractivity contribution < 1.29 is 4.74 Å². The minimum atomic E-state index is 0.237. The zero-order valence-electron chi connectivity index (χ0n) is 23.1. The number of anilines is 1. The second-order valence-electron chi connectivity index (χ2n) is 11.0. The smallest absolute Gasteiger partial charge is 0.125 e. The lowest BCUT2D eigenvalue weighted by atomic mass is 9.80. The van der Waals surface area contributed by atoms with E-state index in [1.807, 2.05) is 0 Å². The minimum Gasteiger partial charge on any atom is -0.493 e. The van der Waals surface area contributed by atoms with Crippen LogP contribution in [0.2, 0.25) is 0 Å². The number of hydrogen-bond donors (Lipinski definition) is 1. The summed E-state index contributed by atoms with van der Waals surface area (Å²) in [7, 11) is 0. The molecular formula is C31H55NO. The summed E-state index contributed by atoms with van der Waals surface area (Å²) in [6.07, 6.45) is 23.7. The highest BCUT2D eigenvalue weighted by Crippen LogP contribution is 2.43. The van der Waals surface area contributed by atoms with Crippen LogP contribution in [0.3, 0.4) is 0 Å². The van der Waals surface area contributed by atoms with Gasteiger partial charge in [-0.3, -0.25) is 0 Å². The van der Waals surface area contributed by atoms with Crippen molar-refractivity contribution in [1.29, 1.82) is 0 Å². The third-order valence-electron chi connectivity index (χ3n) is 8.10. The monoisotopic (exact) mass is 457 g/mol. The van der Waals surface area contributed by atoms with Crippen molar-refractivity contribution in [2.45, 2.75) is 156 Å². The molecule has 0 amide bonds. The van der Waals surface area contributed by atoms with E-state index in [1.165, 1.54) is 137 Å². The van der Waals surface area contributed by atoms with Crippen LogP contribution in [0, 0.1) is 20.8 Å². The van der Waals surface area contributed by atoms with Crippen molar-refractivity contribution in [2.75, 3.05) is 11.9 Å². The summed E-state index contributed by atoms with van der Waals surface area (Å²) < 4.78 is 6.00. The Morgan fingerprint density at radius 1 is 0.697 bits per heavy atom. The van der Waals surface area contributed by atoms with Crippen molar-refractivity contribution in [1.82, 2.24) is 0 Å². The van der Waals surface area contributed by atoms with E-state index in [4.69, 9.17) is 4.74 Å². The maximum absolute atomic E-state index is 6.00. The first kappa shape index (κ1) is 28.1. The summed E-state index contributed by atoms with van der Waals surface area (Å²) in [6.45, 7) is 14.3. The third kappa shape index (κ3) is 8.84. The maximum Gasteiger partial charge on any atom is 0.125 e. The van der Waals surface area contributed by atoms with Gasteiger partial charge in [-0.2, -0.15) is 0 Å². The van der Waals surface area contributed by atoms with Crippen LogP contribution < -0.4 is 10.1 Å². The number of benzene rings is 1. The van der Waals surface area contributed by atoms with E-state index in [-0.39, 0.29) is 5.54 Å². The first-order valence-electron chi connectivity index (χ1n) is 14.5. The number of unbranched alkanes of at least 4 members (excludes halogenated alkanes) is 13. The summed E-state index contributed by atoms with van der Waals surface area (Å²) in [5, 5.41) is 3.98. The number of nitrogens with one attached hydrogen (secondary N) is 1. The Labute approximate surface area is 206 Å². The van der Waals surface area contributed by atoms with Crippen LogP contribution in [-0.4, -0.2) is 12.1 Å². The molecule has 190 valence electrons. The number of fused-ring (bicyclic) bond motifs is 1. The van der Waals surface area contributed by atoms with Gasteiger partial charge in [0, 0.05) is 11.2 Å². The standard InChI is InChI=1S/C31H55NO/c1-7-9-10-11-12-13-14-15-16-17-18-19-20-21-23-31(6)24-22-28-27(5)30(33-8-2)26(4)25(3)29(28)32-31/h32H,7-24H2,1-6H3. The number of ether oxygens (including phenoxy) is 1. The van der Waals surface area contributed by atoms with E-state index in [0.717, 1.165) is 12.4 Å². The molecule has 1 aliphatic heterocycles. The molecule has 0 aromatic heterocycles. The third-order valence-corrected chi connectivity index (χ3v) is 8.10. The summed E-state index contributed by atoms with van der Waals surface area (Å²) >= 11 is 0. The second-order valence-corrected chi connectivity index (χ2v) is 11.0. The molecule has 0 aliphatic carbocycles. The summed E-state index contributed by atoms with van der Waals surface area (Å²) in [5.74, 6) is 1.12. The average molecular weight is 458 g/mol. The molecule has 2 nitrogen and oxygen atoms in total. The van der Waals surface area contributed by atoms with Gasteiger partial charge in [0.2, 0.25) is 0 Å².